The van der Waals surface area contributed by atoms with E-state index in [1.54, 1.807) is 30.8 Å². The number of rotatable bonds is 11. The Labute approximate surface area is 229 Å². The van der Waals surface area contributed by atoms with E-state index in [1.807, 2.05) is 49.4 Å². The summed E-state index contributed by atoms with van der Waals surface area (Å²) in [5.41, 5.74) is 3.33. The number of ether oxygens (including phenoxy) is 1. The van der Waals surface area contributed by atoms with Crippen LogP contribution < -0.4 is 10.6 Å². The Morgan fingerprint density at radius 3 is 2.53 bits per heavy atom. The van der Waals surface area contributed by atoms with Crippen molar-refractivity contribution in [2.75, 3.05) is 13.2 Å². The quantitative estimate of drug-likeness (QED) is 0.209. The predicted molar refractivity (Wildman–Crippen MR) is 154 cm³/mol. The molecule has 6 nitrogen and oxygen atoms in total. The topological polar surface area (TPSA) is 84.5 Å². The summed E-state index contributed by atoms with van der Waals surface area (Å²) in [5, 5.41) is 5.69. The lowest BCUT2D eigenvalue weighted by Gasteiger charge is -2.14. The Kier molecular flexibility index (Phi) is 11.4. The minimum absolute atomic E-state index is 0.0948. The third-order valence-corrected chi connectivity index (χ3v) is 7.42. The fourth-order valence-electron chi connectivity index (χ4n) is 4.06. The molecule has 2 amide bonds. The van der Waals surface area contributed by atoms with Gasteiger partial charge in [-0.2, -0.15) is 0 Å². The lowest BCUT2D eigenvalue weighted by Crippen LogP contribution is -2.45. The van der Waals surface area contributed by atoms with Crippen LogP contribution in [-0.2, 0) is 14.3 Å². The number of nitrogens with one attached hydrogen (secondary N) is 2. The SMILES string of the molecule is C=C(c1ccc(C(=O)OCC)cc1)c1ccccc1S/C(=C/C)C/C=C\CC(=O)NC1CCCCNC1=O. The van der Waals surface area contributed by atoms with Crippen molar-refractivity contribution < 1.29 is 19.1 Å². The molecule has 1 atom stereocenters. The first-order valence-electron chi connectivity index (χ1n) is 13.0. The Hall–Kier alpha value is -3.58. The summed E-state index contributed by atoms with van der Waals surface area (Å²) in [6.45, 7) is 9.12. The van der Waals surface area contributed by atoms with Crippen molar-refractivity contribution >= 4 is 35.1 Å². The van der Waals surface area contributed by atoms with E-state index in [9.17, 15) is 14.4 Å². The van der Waals surface area contributed by atoms with E-state index in [1.165, 1.54) is 0 Å². The molecule has 0 bridgehead atoms. The molecule has 3 rings (SSSR count). The maximum Gasteiger partial charge on any atom is 0.338 e. The van der Waals surface area contributed by atoms with Crippen LogP contribution in [0.4, 0.5) is 0 Å². The van der Waals surface area contributed by atoms with Gasteiger partial charge in [-0.05, 0) is 79.3 Å². The first kappa shape index (κ1) is 29.0. The molecule has 7 heteroatoms. The van der Waals surface area contributed by atoms with Gasteiger partial charge in [0, 0.05) is 17.9 Å². The number of esters is 1. The molecule has 1 fully saturated rings. The summed E-state index contributed by atoms with van der Waals surface area (Å²) < 4.78 is 5.07. The molecule has 0 spiro atoms. The molecule has 0 saturated carbocycles. The van der Waals surface area contributed by atoms with Crippen LogP contribution in [0.3, 0.4) is 0 Å². The Balaban J connectivity index is 1.58. The zero-order valence-electron chi connectivity index (χ0n) is 22.1. The molecule has 1 heterocycles. The molecule has 1 saturated heterocycles. The van der Waals surface area contributed by atoms with Gasteiger partial charge in [-0.1, -0.05) is 66.9 Å². The molecular weight excluding hydrogens is 496 g/mol. The van der Waals surface area contributed by atoms with Crippen LogP contribution in [0.5, 0.6) is 0 Å². The number of amides is 2. The number of thioether (sulfide) groups is 1. The smallest absolute Gasteiger partial charge is 0.338 e. The lowest BCUT2D eigenvalue weighted by atomic mass is 9.98. The molecule has 0 radical (unpaired) electrons. The van der Waals surface area contributed by atoms with Crippen LogP contribution in [0.15, 0.2) is 83.1 Å². The summed E-state index contributed by atoms with van der Waals surface area (Å²) >= 11 is 1.66. The van der Waals surface area contributed by atoms with E-state index in [2.05, 4.69) is 29.4 Å². The van der Waals surface area contributed by atoms with Crippen molar-refractivity contribution in [1.82, 2.24) is 10.6 Å². The van der Waals surface area contributed by atoms with E-state index < -0.39 is 6.04 Å². The third kappa shape index (κ3) is 8.48. The number of carbonyl (C=O) groups is 3. The van der Waals surface area contributed by atoms with E-state index >= 15 is 0 Å². The summed E-state index contributed by atoms with van der Waals surface area (Å²) in [5.74, 6) is -0.574. The maximum atomic E-state index is 12.3. The Morgan fingerprint density at radius 1 is 1.08 bits per heavy atom. The van der Waals surface area contributed by atoms with Crippen LogP contribution in [0.1, 0.15) is 67.4 Å². The Bertz CT molecular complexity index is 1200. The van der Waals surface area contributed by atoms with Crippen molar-refractivity contribution in [3.63, 3.8) is 0 Å². The first-order valence-corrected chi connectivity index (χ1v) is 13.9. The standard InChI is InChI=1S/C31H36N2O4S/c1-4-25(12-6-9-16-29(34)33-27-14-10-11-21-32-30(27)35)38-28-15-8-7-13-26(28)22(3)23-17-19-24(20-18-23)31(36)37-5-2/h4,6-9,13,15,17-20,27H,3,5,10-12,14,16,21H2,1-2H3,(H,32,35)(H,33,34)/b9-6-,25-4+. The molecule has 0 aliphatic carbocycles. The third-order valence-electron chi connectivity index (χ3n) is 6.18. The molecular formula is C31H36N2O4S. The second-order valence-corrected chi connectivity index (χ2v) is 10.1. The number of hydrogen-bond acceptors (Lipinski definition) is 5. The van der Waals surface area contributed by atoms with Gasteiger partial charge in [0.25, 0.3) is 0 Å². The predicted octanol–water partition coefficient (Wildman–Crippen LogP) is 6.04. The molecule has 2 N–H and O–H groups in total. The zero-order chi connectivity index (χ0) is 27.3. The monoisotopic (exact) mass is 532 g/mol. The number of carbonyl (C=O) groups excluding carboxylic acids is 3. The van der Waals surface area contributed by atoms with Gasteiger partial charge in [0.1, 0.15) is 6.04 Å². The van der Waals surface area contributed by atoms with Gasteiger partial charge in [-0.3, -0.25) is 9.59 Å². The normalized spacial score (nSPS) is 16.0. The number of benzene rings is 2. The summed E-state index contributed by atoms with van der Waals surface area (Å²) in [7, 11) is 0. The highest BCUT2D eigenvalue weighted by molar-refractivity contribution is 8.03. The highest BCUT2D eigenvalue weighted by Crippen LogP contribution is 2.36. The zero-order valence-corrected chi connectivity index (χ0v) is 22.9. The summed E-state index contributed by atoms with van der Waals surface area (Å²) in [4.78, 5) is 38.5. The van der Waals surface area contributed by atoms with Crippen LogP contribution in [0, 0.1) is 0 Å². The van der Waals surface area contributed by atoms with Crippen molar-refractivity contribution in [1.29, 1.82) is 0 Å². The largest absolute Gasteiger partial charge is 0.462 e. The van der Waals surface area contributed by atoms with E-state index in [4.69, 9.17) is 4.74 Å². The average molecular weight is 533 g/mol. The van der Waals surface area contributed by atoms with E-state index in [-0.39, 0.29) is 24.2 Å². The highest BCUT2D eigenvalue weighted by atomic mass is 32.2. The Morgan fingerprint density at radius 2 is 1.79 bits per heavy atom. The molecule has 200 valence electrons. The molecule has 2 aromatic carbocycles. The van der Waals surface area contributed by atoms with Gasteiger partial charge in [0.05, 0.1) is 12.2 Å². The fraction of sp³-hybridized carbons (Fsp3) is 0.323. The number of hydrogen-bond donors (Lipinski definition) is 2. The van der Waals surface area contributed by atoms with Gasteiger partial charge >= 0.3 is 5.97 Å². The molecule has 38 heavy (non-hydrogen) atoms. The van der Waals surface area contributed by atoms with Gasteiger partial charge < -0.3 is 15.4 Å². The summed E-state index contributed by atoms with van der Waals surface area (Å²) in [6, 6.07) is 14.9. The number of allylic oxidation sites excluding steroid dienone is 3. The van der Waals surface area contributed by atoms with Crippen molar-refractivity contribution in [2.45, 2.75) is 56.9 Å². The van der Waals surface area contributed by atoms with Crippen molar-refractivity contribution in [3.05, 3.63) is 94.9 Å². The van der Waals surface area contributed by atoms with E-state index in [0.29, 0.717) is 31.6 Å². The van der Waals surface area contributed by atoms with Crippen LogP contribution in [-0.4, -0.2) is 37.0 Å². The van der Waals surface area contributed by atoms with Gasteiger partial charge in [-0.25, -0.2) is 4.79 Å². The van der Waals surface area contributed by atoms with Gasteiger partial charge in [0.15, 0.2) is 0 Å². The van der Waals surface area contributed by atoms with Crippen LogP contribution >= 0.6 is 11.8 Å². The van der Waals surface area contributed by atoms with Crippen molar-refractivity contribution in [2.24, 2.45) is 0 Å². The van der Waals surface area contributed by atoms with E-state index in [0.717, 1.165) is 39.3 Å². The van der Waals surface area contributed by atoms with Crippen LogP contribution in [0.25, 0.3) is 5.57 Å². The summed E-state index contributed by atoms with van der Waals surface area (Å²) in [6.07, 6.45) is 9.38. The molecule has 0 aromatic heterocycles. The van der Waals surface area contributed by atoms with Crippen LogP contribution in [0.2, 0.25) is 0 Å². The fourth-order valence-corrected chi connectivity index (χ4v) is 5.09. The maximum absolute atomic E-state index is 12.3. The van der Waals surface area contributed by atoms with Gasteiger partial charge in [0.2, 0.25) is 11.8 Å². The average Bonchev–Trinajstić information content (AvgIpc) is 3.14. The minimum Gasteiger partial charge on any atom is -0.462 e. The first-order chi connectivity index (χ1) is 18.4. The second kappa shape index (κ2) is 15.0. The van der Waals surface area contributed by atoms with Gasteiger partial charge in [-0.15, -0.1) is 0 Å². The lowest BCUT2D eigenvalue weighted by molar-refractivity contribution is -0.128. The van der Waals surface area contributed by atoms with Crippen molar-refractivity contribution in [3.8, 4) is 0 Å². The molecule has 1 aliphatic rings. The molecule has 2 aromatic rings. The minimum atomic E-state index is -0.439. The molecule has 1 unspecified atom stereocenters. The second-order valence-electron chi connectivity index (χ2n) is 8.92. The molecule has 1 aliphatic heterocycles. The highest BCUT2D eigenvalue weighted by Gasteiger charge is 2.21.